The van der Waals surface area contributed by atoms with Crippen molar-refractivity contribution in [1.82, 2.24) is 19.6 Å². The molecule has 0 spiro atoms. The summed E-state index contributed by atoms with van der Waals surface area (Å²) in [7, 11) is 1.65. The average Bonchev–Trinajstić information content (AvgIpc) is 2.85. The summed E-state index contributed by atoms with van der Waals surface area (Å²) in [6, 6.07) is 11.6. The van der Waals surface area contributed by atoms with Crippen LogP contribution in [0, 0.1) is 6.92 Å². The number of rotatable bonds is 3. The van der Waals surface area contributed by atoms with Crippen molar-refractivity contribution in [1.29, 1.82) is 0 Å². The van der Waals surface area contributed by atoms with E-state index in [2.05, 4.69) is 15.2 Å². The number of methoxy groups -OCH3 is 1. The highest BCUT2D eigenvalue weighted by atomic mass is 35.5. The van der Waals surface area contributed by atoms with Gasteiger partial charge in [-0.15, -0.1) is 10.2 Å². The minimum absolute atomic E-state index is 0.298. The summed E-state index contributed by atoms with van der Waals surface area (Å²) in [5.41, 5.74) is 1.68. The lowest BCUT2D eigenvalue weighted by Crippen LogP contribution is -2.10. The van der Waals surface area contributed by atoms with Crippen LogP contribution in [0.15, 0.2) is 36.4 Å². The van der Waals surface area contributed by atoms with Crippen LogP contribution in [0.2, 0.25) is 5.15 Å². The maximum atomic E-state index is 5.94. The minimum atomic E-state index is -0.298. The summed E-state index contributed by atoms with van der Waals surface area (Å²) < 4.78 is 7.44. The predicted molar refractivity (Wildman–Crippen MR) is 75.8 cm³/mol. The molecule has 1 atom stereocenters. The van der Waals surface area contributed by atoms with Gasteiger partial charge in [0.1, 0.15) is 17.1 Å². The molecule has 0 saturated heterocycles. The molecule has 0 radical (unpaired) electrons. The first-order valence-corrected chi connectivity index (χ1v) is 6.54. The normalized spacial score (nSPS) is 12.8. The van der Waals surface area contributed by atoms with Crippen molar-refractivity contribution in [3.63, 3.8) is 0 Å². The molecule has 0 bridgehead atoms. The van der Waals surface area contributed by atoms with Crippen LogP contribution < -0.4 is 0 Å². The molecule has 0 N–H and O–H groups in total. The summed E-state index contributed by atoms with van der Waals surface area (Å²) in [5, 5.41) is 8.78. The Morgan fingerprint density at radius 3 is 2.65 bits per heavy atom. The van der Waals surface area contributed by atoms with Gasteiger partial charge in [0.25, 0.3) is 0 Å². The molecule has 0 fully saturated rings. The highest BCUT2D eigenvalue weighted by Crippen LogP contribution is 2.25. The lowest BCUT2D eigenvalue weighted by Gasteiger charge is -2.14. The molecule has 3 rings (SSSR count). The molecule has 6 heteroatoms. The van der Waals surface area contributed by atoms with Crippen molar-refractivity contribution in [2.75, 3.05) is 7.11 Å². The van der Waals surface area contributed by atoms with Crippen molar-refractivity contribution in [2.45, 2.75) is 13.0 Å². The quantitative estimate of drug-likeness (QED) is 0.696. The number of halogens is 1. The number of aromatic nitrogens is 4. The zero-order valence-electron chi connectivity index (χ0n) is 11.1. The van der Waals surface area contributed by atoms with Gasteiger partial charge in [-0.05, 0) is 12.5 Å². The summed E-state index contributed by atoms with van der Waals surface area (Å²) >= 11 is 5.94. The van der Waals surface area contributed by atoms with E-state index in [0.29, 0.717) is 16.6 Å². The number of aryl methyl sites for hydroxylation is 1. The molecule has 0 aliphatic carbocycles. The van der Waals surface area contributed by atoms with E-state index in [0.717, 1.165) is 11.4 Å². The fraction of sp³-hybridized carbons (Fsp3) is 0.214. The van der Waals surface area contributed by atoms with Crippen molar-refractivity contribution >= 4 is 17.2 Å². The molecule has 0 aliphatic heterocycles. The summed E-state index contributed by atoms with van der Waals surface area (Å²) in [5.74, 6) is 1.42. The van der Waals surface area contributed by atoms with Gasteiger partial charge in [0.05, 0.1) is 0 Å². The molecular weight excluding hydrogens is 276 g/mol. The van der Waals surface area contributed by atoms with E-state index < -0.39 is 0 Å². The van der Waals surface area contributed by atoms with E-state index in [4.69, 9.17) is 16.3 Å². The van der Waals surface area contributed by atoms with Crippen LogP contribution in [-0.2, 0) is 4.74 Å². The van der Waals surface area contributed by atoms with E-state index in [9.17, 15) is 0 Å². The van der Waals surface area contributed by atoms with E-state index in [1.807, 2.05) is 41.7 Å². The smallest absolute Gasteiger partial charge is 0.172 e. The summed E-state index contributed by atoms with van der Waals surface area (Å²) in [6.45, 7) is 1.86. The largest absolute Gasteiger partial charge is 0.369 e. The molecule has 1 aromatic carbocycles. The summed E-state index contributed by atoms with van der Waals surface area (Å²) in [4.78, 5) is 4.24. The third kappa shape index (κ3) is 2.15. The molecule has 0 amide bonds. The lowest BCUT2D eigenvalue weighted by molar-refractivity contribution is 0.128. The molecule has 2 heterocycles. The molecule has 5 nitrogen and oxygen atoms in total. The van der Waals surface area contributed by atoms with Crippen LogP contribution in [0.4, 0.5) is 0 Å². The maximum absolute atomic E-state index is 5.94. The van der Waals surface area contributed by atoms with Gasteiger partial charge in [-0.25, -0.2) is 4.98 Å². The highest BCUT2D eigenvalue weighted by molar-refractivity contribution is 6.29. The van der Waals surface area contributed by atoms with Crippen molar-refractivity contribution in [3.8, 4) is 0 Å². The average molecular weight is 289 g/mol. The zero-order valence-corrected chi connectivity index (χ0v) is 11.9. The Labute approximate surface area is 121 Å². The second kappa shape index (κ2) is 5.19. The van der Waals surface area contributed by atoms with Crippen LogP contribution in [0.1, 0.15) is 23.3 Å². The topological polar surface area (TPSA) is 52.3 Å². The monoisotopic (exact) mass is 288 g/mol. The zero-order chi connectivity index (χ0) is 14.1. The Morgan fingerprint density at radius 1 is 1.20 bits per heavy atom. The second-order valence-corrected chi connectivity index (χ2v) is 4.79. The third-order valence-corrected chi connectivity index (χ3v) is 3.32. The van der Waals surface area contributed by atoms with E-state index in [1.54, 1.807) is 13.2 Å². The Balaban J connectivity index is 2.18. The maximum Gasteiger partial charge on any atom is 0.172 e. The Bertz CT molecular complexity index is 742. The molecule has 0 saturated carbocycles. The van der Waals surface area contributed by atoms with Crippen LogP contribution in [-0.4, -0.2) is 26.7 Å². The van der Waals surface area contributed by atoms with Crippen molar-refractivity contribution in [2.24, 2.45) is 0 Å². The number of fused-ring (bicyclic) bond motifs is 1. The SMILES string of the molecule is COC(c1ccccc1)c1nnc2cc(Cl)nc(C)n12. The molecule has 1 unspecified atom stereocenters. The molecule has 3 aromatic rings. The predicted octanol–water partition coefficient (Wildman–Crippen LogP) is 2.82. The van der Waals surface area contributed by atoms with Gasteiger partial charge in [0, 0.05) is 13.2 Å². The second-order valence-electron chi connectivity index (χ2n) is 4.40. The first-order valence-electron chi connectivity index (χ1n) is 6.16. The Morgan fingerprint density at radius 2 is 1.95 bits per heavy atom. The van der Waals surface area contributed by atoms with Crippen molar-refractivity contribution < 1.29 is 4.74 Å². The van der Waals surface area contributed by atoms with Gasteiger partial charge in [-0.3, -0.25) is 4.40 Å². The number of hydrogen-bond donors (Lipinski definition) is 0. The molecule has 0 aliphatic rings. The van der Waals surface area contributed by atoms with Gasteiger partial charge < -0.3 is 4.74 Å². The number of benzene rings is 1. The standard InChI is InChI=1S/C14H13ClN4O/c1-9-16-11(15)8-12-17-18-14(19(9)12)13(20-2)10-6-4-3-5-7-10/h3-8,13H,1-2H3. The van der Waals surface area contributed by atoms with Crippen LogP contribution >= 0.6 is 11.6 Å². The Hall–Kier alpha value is -1.98. The van der Waals surface area contributed by atoms with Crippen molar-refractivity contribution in [3.05, 3.63) is 58.8 Å². The van der Waals surface area contributed by atoms with Gasteiger partial charge >= 0.3 is 0 Å². The van der Waals surface area contributed by atoms with E-state index in [-0.39, 0.29) is 6.10 Å². The molecule has 102 valence electrons. The fourth-order valence-corrected chi connectivity index (χ4v) is 2.49. The first-order chi connectivity index (χ1) is 9.70. The Kier molecular flexibility index (Phi) is 3.38. The third-order valence-electron chi connectivity index (χ3n) is 3.13. The van der Waals surface area contributed by atoms with Gasteiger partial charge in [-0.1, -0.05) is 41.9 Å². The van der Waals surface area contributed by atoms with E-state index >= 15 is 0 Å². The fourth-order valence-electron chi connectivity index (χ4n) is 2.27. The molecular formula is C14H13ClN4O. The first kappa shape index (κ1) is 13.0. The molecule has 2 aromatic heterocycles. The van der Waals surface area contributed by atoms with E-state index in [1.165, 1.54) is 0 Å². The molecule has 20 heavy (non-hydrogen) atoms. The summed E-state index contributed by atoms with van der Waals surface area (Å²) in [6.07, 6.45) is -0.298. The van der Waals surface area contributed by atoms with Gasteiger partial charge in [-0.2, -0.15) is 0 Å². The van der Waals surface area contributed by atoms with Gasteiger partial charge in [0.15, 0.2) is 11.5 Å². The minimum Gasteiger partial charge on any atom is -0.369 e. The number of nitrogens with zero attached hydrogens (tertiary/aromatic N) is 4. The van der Waals surface area contributed by atoms with Crippen LogP contribution in [0.25, 0.3) is 5.65 Å². The number of ether oxygens (including phenoxy) is 1. The number of hydrogen-bond acceptors (Lipinski definition) is 4. The highest BCUT2D eigenvalue weighted by Gasteiger charge is 2.21. The van der Waals surface area contributed by atoms with Crippen LogP contribution in [0.5, 0.6) is 0 Å². The van der Waals surface area contributed by atoms with Crippen LogP contribution in [0.3, 0.4) is 0 Å². The van der Waals surface area contributed by atoms with Gasteiger partial charge in [0.2, 0.25) is 0 Å². The lowest BCUT2D eigenvalue weighted by atomic mass is 10.1.